The quantitative estimate of drug-likeness (QED) is 0.739. The fourth-order valence-electron chi connectivity index (χ4n) is 4.12. The van der Waals surface area contributed by atoms with E-state index in [2.05, 4.69) is 10.6 Å². The van der Waals surface area contributed by atoms with Crippen molar-refractivity contribution < 1.29 is 23.9 Å². The second-order valence-electron chi connectivity index (χ2n) is 8.01. The number of hydrogen-bond acceptors (Lipinski definition) is 6. The first-order valence-electron chi connectivity index (χ1n) is 10.6. The Morgan fingerprint density at radius 2 is 1.88 bits per heavy atom. The Hall–Kier alpha value is -3.20. The van der Waals surface area contributed by atoms with E-state index < -0.39 is 5.25 Å². The summed E-state index contributed by atoms with van der Waals surface area (Å²) in [5.74, 6) is 0.878. The highest BCUT2D eigenvalue weighted by Gasteiger charge is 2.33. The fraction of sp³-hybridized carbons (Fsp3) is 0.348. The molecule has 166 valence electrons. The molecule has 0 spiro atoms. The first kappa shape index (κ1) is 20.7. The van der Waals surface area contributed by atoms with E-state index in [0.29, 0.717) is 43.1 Å². The Kier molecular flexibility index (Phi) is 5.65. The predicted octanol–water partition coefficient (Wildman–Crippen LogP) is 3.10. The summed E-state index contributed by atoms with van der Waals surface area (Å²) in [6, 6.07) is 12.9. The number of para-hydroxylation sites is 1. The molecule has 0 aliphatic carbocycles. The average molecular weight is 454 g/mol. The van der Waals surface area contributed by atoms with Crippen LogP contribution in [0.3, 0.4) is 0 Å². The summed E-state index contributed by atoms with van der Waals surface area (Å²) >= 11 is 1.43. The molecule has 8 nitrogen and oxygen atoms in total. The van der Waals surface area contributed by atoms with Crippen LogP contribution >= 0.6 is 11.8 Å². The van der Waals surface area contributed by atoms with Crippen molar-refractivity contribution in [3.63, 3.8) is 0 Å². The van der Waals surface area contributed by atoms with Crippen molar-refractivity contribution >= 4 is 40.9 Å². The standard InChI is InChI=1S/C23H23N3O5S/c27-21(12-20-23(29)25-16-3-1-2-4-19(16)32-20)26-9-7-14(8-10-26)22(28)24-15-5-6-17-18(11-15)31-13-30-17/h1-6,11,14,20H,7-10,12-13H2,(H,24,28)(H,25,29)/t20-/m1/s1. The first-order chi connectivity index (χ1) is 15.6. The average Bonchev–Trinajstić information content (AvgIpc) is 3.27. The van der Waals surface area contributed by atoms with Gasteiger partial charge in [-0.15, -0.1) is 11.8 Å². The van der Waals surface area contributed by atoms with Crippen molar-refractivity contribution in [2.24, 2.45) is 5.92 Å². The molecule has 0 radical (unpaired) electrons. The van der Waals surface area contributed by atoms with Crippen molar-refractivity contribution in [3.8, 4) is 11.5 Å². The number of nitrogens with one attached hydrogen (secondary N) is 2. The van der Waals surface area contributed by atoms with E-state index in [9.17, 15) is 14.4 Å². The van der Waals surface area contributed by atoms with Crippen molar-refractivity contribution in [2.75, 3.05) is 30.5 Å². The number of ether oxygens (including phenoxy) is 2. The zero-order valence-electron chi connectivity index (χ0n) is 17.3. The number of rotatable bonds is 4. The minimum Gasteiger partial charge on any atom is -0.454 e. The molecule has 0 saturated carbocycles. The molecule has 9 heteroatoms. The number of benzene rings is 2. The van der Waals surface area contributed by atoms with Crippen LogP contribution < -0.4 is 20.1 Å². The molecule has 0 aromatic heterocycles. The lowest BCUT2D eigenvalue weighted by atomic mass is 9.95. The summed E-state index contributed by atoms with van der Waals surface area (Å²) in [6.45, 7) is 1.20. The number of likely N-dealkylation sites (tertiary alicyclic amines) is 1. The van der Waals surface area contributed by atoms with Crippen LogP contribution in [0, 0.1) is 5.92 Å². The Bertz CT molecular complexity index is 1070. The number of piperidine rings is 1. The normalized spacial score (nSPS) is 19.8. The summed E-state index contributed by atoms with van der Waals surface area (Å²) in [5.41, 5.74) is 1.46. The van der Waals surface area contributed by atoms with Crippen LogP contribution in [0.25, 0.3) is 0 Å². The van der Waals surface area contributed by atoms with Crippen LogP contribution in [0.1, 0.15) is 19.3 Å². The van der Waals surface area contributed by atoms with E-state index in [0.717, 1.165) is 10.6 Å². The highest BCUT2D eigenvalue weighted by Crippen LogP contribution is 2.37. The zero-order valence-corrected chi connectivity index (χ0v) is 18.2. The van der Waals surface area contributed by atoms with E-state index in [1.165, 1.54) is 11.8 Å². The van der Waals surface area contributed by atoms with Crippen molar-refractivity contribution in [2.45, 2.75) is 29.4 Å². The summed E-state index contributed by atoms with van der Waals surface area (Å²) < 4.78 is 10.6. The van der Waals surface area contributed by atoms with E-state index >= 15 is 0 Å². The minimum atomic E-state index is -0.440. The molecule has 3 aliphatic rings. The van der Waals surface area contributed by atoms with Gasteiger partial charge in [-0.3, -0.25) is 14.4 Å². The van der Waals surface area contributed by atoms with Gasteiger partial charge in [0.05, 0.1) is 10.9 Å². The summed E-state index contributed by atoms with van der Waals surface area (Å²) in [6.07, 6.45) is 1.34. The predicted molar refractivity (Wildman–Crippen MR) is 120 cm³/mol. The number of carbonyl (C=O) groups excluding carboxylic acids is 3. The number of carbonyl (C=O) groups is 3. The second kappa shape index (κ2) is 8.74. The highest BCUT2D eigenvalue weighted by atomic mass is 32.2. The first-order valence-corrected chi connectivity index (χ1v) is 11.5. The lowest BCUT2D eigenvalue weighted by molar-refractivity contribution is -0.135. The molecule has 1 fully saturated rings. The molecule has 0 bridgehead atoms. The number of nitrogens with zero attached hydrogens (tertiary/aromatic N) is 1. The Morgan fingerprint density at radius 1 is 1.09 bits per heavy atom. The zero-order chi connectivity index (χ0) is 22.1. The van der Waals surface area contributed by atoms with Crippen molar-refractivity contribution in [3.05, 3.63) is 42.5 Å². The van der Waals surface area contributed by atoms with Gasteiger partial charge < -0.3 is 25.0 Å². The fourth-order valence-corrected chi connectivity index (χ4v) is 5.23. The molecule has 3 amide bonds. The molecule has 0 unspecified atom stereocenters. The van der Waals surface area contributed by atoms with Crippen LogP contribution in [0.5, 0.6) is 11.5 Å². The maximum atomic E-state index is 12.8. The summed E-state index contributed by atoms with van der Waals surface area (Å²) in [5, 5.41) is 5.37. The van der Waals surface area contributed by atoms with Crippen molar-refractivity contribution in [1.29, 1.82) is 0 Å². The van der Waals surface area contributed by atoms with Gasteiger partial charge in [0.15, 0.2) is 11.5 Å². The van der Waals surface area contributed by atoms with Gasteiger partial charge in [-0.2, -0.15) is 0 Å². The molecule has 1 atom stereocenters. The number of thioether (sulfide) groups is 1. The van der Waals surface area contributed by atoms with Crippen molar-refractivity contribution in [1.82, 2.24) is 4.90 Å². The van der Waals surface area contributed by atoms with Gasteiger partial charge in [-0.05, 0) is 37.1 Å². The SMILES string of the molecule is O=C(Nc1ccc2c(c1)OCO2)C1CCN(C(=O)C[C@H]2Sc3ccccc3NC2=O)CC1. The third-order valence-corrected chi connectivity index (χ3v) is 7.20. The molecule has 1 saturated heterocycles. The molecule has 32 heavy (non-hydrogen) atoms. The van der Waals surface area contributed by atoms with E-state index in [1.54, 1.807) is 23.1 Å². The van der Waals surface area contributed by atoms with E-state index in [1.807, 2.05) is 24.3 Å². The molecule has 2 N–H and O–H groups in total. The molecular formula is C23H23N3O5S. The smallest absolute Gasteiger partial charge is 0.238 e. The lowest BCUT2D eigenvalue weighted by Crippen LogP contribution is -2.43. The second-order valence-corrected chi connectivity index (χ2v) is 9.25. The van der Waals surface area contributed by atoms with Gasteiger partial charge in [-0.25, -0.2) is 0 Å². The largest absolute Gasteiger partial charge is 0.454 e. The van der Waals surface area contributed by atoms with E-state index in [4.69, 9.17) is 9.47 Å². The van der Waals surface area contributed by atoms with Crippen LogP contribution in [-0.4, -0.2) is 47.8 Å². The summed E-state index contributed by atoms with van der Waals surface area (Å²) in [7, 11) is 0. The highest BCUT2D eigenvalue weighted by molar-refractivity contribution is 8.01. The third kappa shape index (κ3) is 4.25. The molecular weight excluding hydrogens is 430 g/mol. The monoisotopic (exact) mass is 453 g/mol. The maximum absolute atomic E-state index is 12.8. The van der Waals surface area contributed by atoms with Gasteiger partial charge in [0.2, 0.25) is 24.5 Å². The van der Waals surface area contributed by atoms with Gasteiger partial charge in [0.25, 0.3) is 0 Å². The van der Waals surface area contributed by atoms with E-state index in [-0.39, 0.29) is 36.9 Å². The molecule has 2 aromatic rings. The van der Waals surface area contributed by atoms with Gasteiger partial charge >= 0.3 is 0 Å². The topological polar surface area (TPSA) is 97.0 Å². The van der Waals surface area contributed by atoms with Crippen LogP contribution in [0.2, 0.25) is 0 Å². The number of anilines is 2. The van der Waals surface area contributed by atoms with Crippen LogP contribution in [-0.2, 0) is 14.4 Å². The Balaban J connectivity index is 1.12. The van der Waals surface area contributed by atoms with Crippen LogP contribution in [0.4, 0.5) is 11.4 Å². The molecule has 5 rings (SSSR count). The number of fused-ring (bicyclic) bond motifs is 2. The van der Waals surface area contributed by atoms with Gasteiger partial charge in [0, 0.05) is 42.1 Å². The Labute approximate surface area is 189 Å². The van der Waals surface area contributed by atoms with Gasteiger partial charge in [0.1, 0.15) is 0 Å². The number of hydrogen-bond donors (Lipinski definition) is 2. The molecule has 3 heterocycles. The lowest BCUT2D eigenvalue weighted by Gasteiger charge is -2.32. The maximum Gasteiger partial charge on any atom is 0.238 e. The minimum absolute atomic E-state index is 0.0494. The molecule has 2 aromatic carbocycles. The number of amides is 3. The van der Waals surface area contributed by atoms with Gasteiger partial charge in [-0.1, -0.05) is 12.1 Å². The Morgan fingerprint density at radius 3 is 2.72 bits per heavy atom. The summed E-state index contributed by atoms with van der Waals surface area (Å²) in [4.78, 5) is 40.6. The molecule has 3 aliphatic heterocycles. The van der Waals surface area contributed by atoms with Crippen LogP contribution in [0.15, 0.2) is 47.4 Å². The third-order valence-electron chi connectivity index (χ3n) is 5.93.